The van der Waals surface area contributed by atoms with Crippen molar-refractivity contribution in [3.63, 3.8) is 0 Å². The van der Waals surface area contributed by atoms with E-state index in [0.29, 0.717) is 23.3 Å². The van der Waals surface area contributed by atoms with Crippen molar-refractivity contribution < 1.29 is 22.4 Å². The standard InChI is InChI=1S/C23H28N4O5S/c1-30-21-17-8-4-3-7-15(17)9-10-19(21)33(28,29)26-22-20-18(32-25-22)13-16(24-23(20)31-2)14-27-11-5-6-12-27/h9-10,13H,3-8,11-12,14H2,1-2H3,(H,25,26). The number of aryl methyl sites for hydroxylation is 1. The first kappa shape index (κ1) is 22.0. The maximum Gasteiger partial charge on any atom is 0.266 e. The van der Waals surface area contributed by atoms with Crippen molar-refractivity contribution in [2.45, 2.75) is 50.0 Å². The normalized spacial score (nSPS) is 16.7. The van der Waals surface area contributed by atoms with Crippen molar-refractivity contribution in [1.29, 1.82) is 0 Å². The SMILES string of the molecule is COc1c(S(=O)(=O)Nc2noc3cc(CN4CCCC4)nc(OC)c23)ccc2c1CCCC2. The molecule has 3 aromatic rings. The van der Waals surface area contributed by atoms with E-state index in [1.54, 1.807) is 12.1 Å². The van der Waals surface area contributed by atoms with Gasteiger partial charge in [-0.05, 0) is 68.8 Å². The summed E-state index contributed by atoms with van der Waals surface area (Å²) in [4.78, 5) is 6.98. The zero-order valence-electron chi connectivity index (χ0n) is 18.9. The molecule has 0 amide bonds. The van der Waals surface area contributed by atoms with Crippen LogP contribution in [-0.4, -0.2) is 50.8 Å². The van der Waals surface area contributed by atoms with E-state index in [2.05, 4.69) is 19.8 Å². The number of nitrogens with one attached hydrogen (secondary N) is 1. The third kappa shape index (κ3) is 4.13. The van der Waals surface area contributed by atoms with Crippen LogP contribution in [0.5, 0.6) is 11.6 Å². The van der Waals surface area contributed by atoms with Gasteiger partial charge in [-0.15, -0.1) is 0 Å². The van der Waals surface area contributed by atoms with Gasteiger partial charge in [-0.3, -0.25) is 9.62 Å². The second kappa shape index (κ2) is 8.83. The summed E-state index contributed by atoms with van der Waals surface area (Å²) in [6.07, 6.45) is 6.19. The van der Waals surface area contributed by atoms with E-state index in [1.165, 1.54) is 27.1 Å². The van der Waals surface area contributed by atoms with Gasteiger partial charge in [-0.25, -0.2) is 13.4 Å². The average molecular weight is 473 g/mol. The monoisotopic (exact) mass is 472 g/mol. The molecule has 0 atom stereocenters. The highest BCUT2D eigenvalue weighted by atomic mass is 32.2. The van der Waals surface area contributed by atoms with Gasteiger partial charge in [0.15, 0.2) is 11.4 Å². The van der Waals surface area contributed by atoms with E-state index < -0.39 is 10.0 Å². The molecule has 2 aromatic heterocycles. The topological polar surface area (TPSA) is 107 Å². The summed E-state index contributed by atoms with van der Waals surface area (Å²) in [5.41, 5.74) is 3.32. The molecular formula is C23H28N4O5S. The predicted molar refractivity (Wildman–Crippen MR) is 123 cm³/mol. The van der Waals surface area contributed by atoms with Crippen molar-refractivity contribution in [2.75, 3.05) is 32.0 Å². The summed E-state index contributed by atoms with van der Waals surface area (Å²) < 4.78 is 45.8. The molecule has 0 bridgehead atoms. The van der Waals surface area contributed by atoms with Gasteiger partial charge in [0, 0.05) is 12.6 Å². The van der Waals surface area contributed by atoms with Crippen LogP contribution in [0.25, 0.3) is 11.0 Å². The third-order valence-electron chi connectivity index (χ3n) is 6.42. The molecule has 0 unspecified atom stereocenters. The Hall–Kier alpha value is -2.85. The molecule has 1 saturated heterocycles. The van der Waals surface area contributed by atoms with Gasteiger partial charge in [-0.1, -0.05) is 11.2 Å². The van der Waals surface area contributed by atoms with E-state index in [9.17, 15) is 8.42 Å². The first-order valence-corrected chi connectivity index (χ1v) is 12.8. The number of aromatic nitrogens is 2. The van der Waals surface area contributed by atoms with E-state index in [-0.39, 0.29) is 16.6 Å². The van der Waals surface area contributed by atoms with Gasteiger partial charge < -0.3 is 14.0 Å². The molecule has 5 rings (SSSR count). The van der Waals surface area contributed by atoms with E-state index >= 15 is 0 Å². The van der Waals surface area contributed by atoms with Crippen LogP contribution < -0.4 is 14.2 Å². The Kier molecular flexibility index (Phi) is 5.88. The molecule has 0 spiro atoms. The number of pyridine rings is 1. The molecule has 3 heterocycles. The summed E-state index contributed by atoms with van der Waals surface area (Å²) in [7, 11) is -0.991. The lowest BCUT2D eigenvalue weighted by Gasteiger charge is -2.21. The molecule has 1 N–H and O–H groups in total. The van der Waals surface area contributed by atoms with Crippen molar-refractivity contribution in [2.24, 2.45) is 0 Å². The van der Waals surface area contributed by atoms with Crippen molar-refractivity contribution in [1.82, 2.24) is 15.0 Å². The Morgan fingerprint density at radius 1 is 1.09 bits per heavy atom. The fraction of sp³-hybridized carbons (Fsp3) is 0.478. The number of nitrogens with zero attached hydrogens (tertiary/aromatic N) is 3. The molecule has 0 saturated carbocycles. The first-order valence-electron chi connectivity index (χ1n) is 11.3. The molecule has 1 fully saturated rings. The van der Waals surface area contributed by atoms with Gasteiger partial charge in [-0.2, -0.15) is 0 Å². The number of hydrogen-bond donors (Lipinski definition) is 1. The molecule has 1 aliphatic carbocycles. The van der Waals surface area contributed by atoms with E-state index in [1.807, 2.05) is 6.07 Å². The Morgan fingerprint density at radius 2 is 1.88 bits per heavy atom. The molecule has 33 heavy (non-hydrogen) atoms. The quantitative estimate of drug-likeness (QED) is 0.557. The highest BCUT2D eigenvalue weighted by Crippen LogP contribution is 2.38. The van der Waals surface area contributed by atoms with Crippen LogP contribution >= 0.6 is 0 Å². The number of sulfonamides is 1. The van der Waals surface area contributed by atoms with Crippen molar-refractivity contribution in [3.05, 3.63) is 35.0 Å². The molecule has 0 radical (unpaired) electrons. The number of likely N-dealkylation sites (tertiary alicyclic amines) is 1. The molecule has 9 nitrogen and oxygen atoms in total. The summed E-state index contributed by atoms with van der Waals surface area (Å²) in [5.74, 6) is 0.713. The minimum atomic E-state index is -3.99. The van der Waals surface area contributed by atoms with Crippen LogP contribution in [0.15, 0.2) is 27.6 Å². The van der Waals surface area contributed by atoms with Crippen LogP contribution in [-0.2, 0) is 29.4 Å². The second-order valence-electron chi connectivity index (χ2n) is 8.56. The summed E-state index contributed by atoms with van der Waals surface area (Å²) in [6.45, 7) is 2.75. The fourth-order valence-electron chi connectivity index (χ4n) is 4.84. The van der Waals surface area contributed by atoms with Gasteiger partial charge >= 0.3 is 0 Å². The zero-order chi connectivity index (χ0) is 23.0. The van der Waals surface area contributed by atoms with Crippen LogP contribution in [0, 0.1) is 0 Å². The minimum Gasteiger partial charge on any atom is -0.495 e. The number of anilines is 1. The van der Waals surface area contributed by atoms with Gasteiger partial charge in [0.25, 0.3) is 10.0 Å². The van der Waals surface area contributed by atoms with Crippen molar-refractivity contribution >= 4 is 26.8 Å². The number of benzene rings is 1. The lowest BCUT2D eigenvalue weighted by Crippen LogP contribution is -2.19. The maximum atomic E-state index is 13.4. The smallest absolute Gasteiger partial charge is 0.266 e. The summed E-state index contributed by atoms with van der Waals surface area (Å²) in [5, 5.41) is 4.38. The Balaban J connectivity index is 1.50. The summed E-state index contributed by atoms with van der Waals surface area (Å²) in [6, 6.07) is 5.26. The summed E-state index contributed by atoms with van der Waals surface area (Å²) >= 11 is 0. The highest BCUT2D eigenvalue weighted by Gasteiger charge is 2.28. The molecule has 1 aliphatic heterocycles. The molecule has 10 heteroatoms. The predicted octanol–water partition coefficient (Wildman–Crippen LogP) is 3.52. The number of hydrogen-bond acceptors (Lipinski definition) is 8. The van der Waals surface area contributed by atoms with Gasteiger partial charge in [0.05, 0.1) is 19.9 Å². The number of rotatable bonds is 7. The minimum absolute atomic E-state index is 0.0434. The number of fused-ring (bicyclic) bond motifs is 2. The van der Waals surface area contributed by atoms with Crippen LogP contribution in [0.3, 0.4) is 0 Å². The number of methoxy groups -OCH3 is 2. The second-order valence-corrected chi connectivity index (χ2v) is 10.2. The lowest BCUT2D eigenvalue weighted by molar-refractivity contribution is 0.323. The maximum absolute atomic E-state index is 13.4. The molecule has 176 valence electrons. The highest BCUT2D eigenvalue weighted by molar-refractivity contribution is 7.92. The largest absolute Gasteiger partial charge is 0.495 e. The average Bonchev–Trinajstić information content (AvgIpc) is 3.47. The van der Waals surface area contributed by atoms with Gasteiger partial charge in [0.2, 0.25) is 5.88 Å². The first-order chi connectivity index (χ1) is 16.0. The van der Waals surface area contributed by atoms with Crippen LogP contribution in [0.1, 0.15) is 42.5 Å². The Morgan fingerprint density at radius 3 is 2.64 bits per heavy atom. The molecule has 1 aromatic carbocycles. The van der Waals surface area contributed by atoms with E-state index in [0.717, 1.165) is 55.6 Å². The molecule has 2 aliphatic rings. The third-order valence-corrected chi connectivity index (χ3v) is 7.78. The van der Waals surface area contributed by atoms with Crippen molar-refractivity contribution in [3.8, 4) is 11.6 Å². The van der Waals surface area contributed by atoms with E-state index in [4.69, 9.17) is 14.0 Å². The van der Waals surface area contributed by atoms with Crippen LogP contribution in [0.2, 0.25) is 0 Å². The Labute approximate surface area is 193 Å². The Bertz CT molecular complexity index is 1280. The van der Waals surface area contributed by atoms with Crippen LogP contribution in [0.4, 0.5) is 5.82 Å². The molecular weight excluding hydrogens is 444 g/mol. The van der Waals surface area contributed by atoms with Gasteiger partial charge in [0.1, 0.15) is 16.0 Å². The zero-order valence-corrected chi connectivity index (χ0v) is 19.7. The fourth-order valence-corrected chi connectivity index (χ4v) is 6.04. The number of ether oxygens (including phenoxy) is 2. The lowest BCUT2D eigenvalue weighted by atomic mass is 9.91.